The van der Waals surface area contributed by atoms with Crippen LogP contribution in [0.3, 0.4) is 0 Å². The van der Waals surface area contributed by atoms with Crippen LogP contribution in [0.1, 0.15) is 5.56 Å². The summed E-state index contributed by atoms with van der Waals surface area (Å²) in [4.78, 5) is 0.499. The van der Waals surface area contributed by atoms with Crippen LogP contribution in [0, 0.1) is 0 Å². The van der Waals surface area contributed by atoms with Crippen LogP contribution in [0.4, 0.5) is 14.5 Å². The fourth-order valence-corrected chi connectivity index (χ4v) is 2.75. The molecule has 0 unspecified atom stereocenters. The molecule has 0 aliphatic heterocycles. The van der Waals surface area contributed by atoms with Crippen LogP contribution in [-0.4, -0.2) is 12.9 Å². The molecule has 0 saturated carbocycles. The third-order valence-corrected chi connectivity index (χ3v) is 4.00. The molecule has 0 fully saturated rings. The lowest BCUT2D eigenvalue weighted by molar-refractivity contribution is 0.252. The molecule has 0 aliphatic rings. The number of anilines is 1. The summed E-state index contributed by atoms with van der Waals surface area (Å²) < 4.78 is 30.3. The summed E-state index contributed by atoms with van der Waals surface area (Å²) in [6.45, 7) is 0.393. The smallest absolute Gasteiger partial charge is 0.288 e. The summed E-state index contributed by atoms with van der Waals surface area (Å²) in [6, 6.07) is 12.3. The van der Waals surface area contributed by atoms with Gasteiger partial charge in [0.1, 0.15) is 5.75 Å². The molecule has 0 heterocycles. The highest BCUT2D eigenvalue weighted by Gasteiger charge is 2.11. The zero-order chi connectivity index (χ0) is 15.2. The zero-order valence-corrected chi connectivity index (χ0v) is 12.8. The van der Waals surface area contributed by atoms with Crippen LogP contribution < -0.4 is 10.1 Å². The maximum atomic E-state index is 12.5. The first-order valence-electron chi connectivity index (χ1n) is 6.21. The lowest BCUT2D eigenvalue weighted by Gasteiger charge is -2.14. The topological polar surface area (TPSA) is 21.3 Å². The largest absolute Gasteiger partial charge is 0.496 e. The molecule has 0 saturated heterocycles. The van der Waals surface area contributed by atoms with Crippen LogP contribution in [-0.2, 0) is 6.54 Å². The molecule has 112 valence electrons. The van der Waals surface area contributed by atoms with Gasteiger partial charge < -0.3 is 10.1 Å². The van der Waals surface area contributed by atoms with Gasteiger partial charge in [-0.15, -0.1) is 0 Å². The van der Waals surface area contributed by atoms with Crippen molar-refractivity contribution in [1.82, 2.24) is 0 Å². The Kier molecular flexibility index (Phi) is 5.70. The van der Waals surface area contributed by atoms with Crippen LogP contribution in [0.2, 0.25) is 5.02 Å². The highest BCUT2D eigenvalue weighted by Crippen LogP contribution is 2.33. The number of rotatable bonds is 6. The van der Waals surface area contributed by atoms with E-state index in [0.717, 1.165) is 5.56 Å². The van der Waals surface area contributed by atoms with Gasteiger partial charge in [-0.3, -0.25) is 0 Å². The number of thioether (sulfide) groups is 1. The molecular formula is C15H14ClF2NOS. The van der Waals surface area contributed by atoms with Gasteiger partial charge in [0.15, 0.2) is 0 Å². The molecule has 0 radical (unpaired) electrons. The van der Waals surface area contributed by atoms with Gasteiger partial charge in [0.2, 0.25) is 0 Å². The summed E-state index contributed by atoms with van der Waals surface area (Å²) in [5, 5.41) is 3.70. The van der Waals surface area contributed by atoms with Gasteiger partial charge in [0.25, 0.3) is 5.76 Å². The van der Waals surface area contributed by atoms with Crippen molar-refractivity contribution in [2.45, 2.75) is 17.2 Å². The van der Waals surface area contributed by atoms with E-state index in [9.17, 15) is 8.78 Å². The van der Waals surface area contributed by atoms with E-state index < -0.39 is 5.76 Å². The minimum absolute atomic E-state index is 0.393. The first kappa shape index (κ1) is 15.9. The SMILES string of the molecule is COc1cccc(Cl)c1CNc1ccccc1SC(F)F. The molecule has 2 aromatic carbocycles. The van der Waals surface area contributed by atoms with Gasteiger partial charge in [-0.05, 0) is 24.3 Å². The monoisotopic (exact) mass is 329 g/mol. The molecule has 0 spiro atoms. The molecule has 0 amide bonds. The van der Waals surface area contributed by atoms with Gasteiger partial charge in [0, 0.05) is 27.7 Å². The number of halogens is 3. The Morgan fingerprint density at radius 2 is 1.95 bits per heavy atom. The number of hydrogen-bond acceptors (Lipinski definition) is 3. The van der Waals surface area contributed by atoms with Crippen molar-refractivity contribution in [3.63, 3.8) is 0 Å². The Labute approximate surface area is 131 Å². The Hall–Kier alpha value is -1.46. The number of ether oxygens (including phenoxy) is 1. The fourth-order valence-electron chi connectivity index (χ4n) is 1.90. The predicted molar refractivity (Wildman–Crippen MR) is 83.6 cm³/mol. The molecule has 2 nitrogen and oxygen atoms in total. The van der Waals surface area contributed by atoms with Gasteiger partial charge in [-0.25, -0.2) is 0 Å². The Balaban J connectivity index is 2.17. The Bertz CT molecular complexity index is 610. The molecule has 0 atom stereocenters. The number of nitrogens with one attached hydrogen (secondary N) is 1. The van der Waals surface area contributed by atoms with Crippen molar-refractivity contribution in [3.05, 3.63) is 53.1 Å². The average Bonchev–Trinajstić information content (AvgIpc) is 2.46. The van der Waals surface area contributed by atoms with E-state index >= 15 is 0 Å². The van der Waals surface area contributed by atoms with E-state index in [1.54, 1.807) is 43.5 Å². The van der Waals surface area contributed by atoms with Crippen molar-refractivity contribution in [3.8, 4) is 5.75 Å². The summed E-state index contributed by atoms with van der Waals surface area (Å²) in [5.74, 6) is -1.79. The third-order valence-electron chi connectivity index (χ3n) is 2.85. The lowest BCUT2D eigenvalue weighted by Crippen LogP contribution is -2.03. The maximum absolute atomic E-state index is 12.5. The third kappa shape index (κ3) is 4.25. The van der Waals surface area contributed by atoms with Crippen LogP contribution in [0.15, 0.2) is 47.4 Å². The summed E-state index contributed by atoms with van der Waals surface area (Å²) in [7, 11) is 1.57. The second kappa shape index (κ2) is 7.52. The first-order valence-corrected chi connectivity index (χ1v) is 7.46. The number of benzene rings is 2. The predicted octanol–water partition coefficient (Wildman–Crippen LogP) is 5.28. The standard InChI is InChI=1S/C15H14ClF2NOS/c1-20-13-7-4-5-11(16)10(13)9-19-12-6-2-3-8-14(12)21-15(17)18/h2-8,15,19H,9H2,1H3. The maximum Gasteiger partial charge on any atom is 0.288 e. The van der Waals surface area contributed by atoms with Crippen molar-refractivity contribution in [1.29, 1.82) is 0 Å². The minimum Gasteiger partial charge on any atom is -0.496 e. The number of para-hydroxylation sites is 1. The highest BCUT2D eigenvalue weighted by molar-refractivity contribution is 7.99. The van der Waals surface area contributed by atoms with Crippen molar-refractivity contribution >= 4 is 29.1 Å². The van der Waals surface area contributed by atoms with Crippen molar-refractivity contribution in [2.75, 3.05) is 12.4 Å². The summed E-state index contributed by atoms with van der Waals surface area (Å²) >= 11 is 6.67. The molecule has 1 N–H and O–H groups in total. The average molecular weight is 330 g/mol. The van der Waals surface area contributed by atoms with Crippen molar-refractivity contribution < 1.29 is 13.5 Å². The molecule has 0 aromatic heterocycles. The van der Waals surface area contributed by atoms with E-state index in [0.29, 0.717) is 39.7 Å². The Morgan fingerprint density at radius 1 is 1.19 bits per heavy atom. The molecular weight excluding hydrogens is 316 g/mol. The first-order chi connectivity index (χ1) is 10.1. The van der Waals surface area contributed by atoms with Gasteiger partial charge >= 0.3 is 0 Å². The van der Waals surface area contributed by atoms with Gasteiger partial charge in [-0.2, -0.15) is 8.78 Å². The highest BCUT2D eigenvalue weighted by atomic mass is 35.5. The second-order valence-corrected chi connectivity index (χ2v) is 5.59. The fraction of sp³-hybridized carbons (Fsp3) is 0.200. The summed E-state index contributed by atoms with van der Waals surface area (Å²) in [6.07, 6.45) is 0. The van der Waals surface area contributed by atoms with E-state index in [-0.39, 0.29) is 0 Å². The van der Waals surface area contributed by atoms with Crippen LogP contribution in [0.25, 0.3) is 0 Å². The van der Waals surface area contributed by atoms with E-state index in [4.69, 9.17) is 16.3 Å². The normalized spacial score (nSPS) is 10.7. The van der Waals surface area contributed by atoms with Crippen LogP contribution >= 0.6 is 23.4 Å². The Morgan fingerprint density at radius 3 is 2.67 bits per heavy atom. The van der Waals surface area contributed by atoms with Gasteiger partial charge in [-0.1, -0.05) is 41.6 Å². The number of methoxy groups -OCH3 is 1. The molecule has 2 rings (SSSR count). The minimum atomic E-state index is -2.46. The van der Waals surface area contributed by atoms with E-state index in [2.05, 4.69) is 5.32 Å². The number of hydrogen-bond donors (Lipinski definition) is 1. The molecule has 0 bridgehead atoms. The van der Waals surface area contributed by atoms with Gasteiger partial charge in [0.05, 0.1) is 7.11 Å². The van der Waals surface area contributed by atoms with Crippen LogP contribution in [0.5, 0.6) is 5.75 Å². The van der Waals surface area contributed by atoms with E-state index in [1.165, 1.54) is 0 Å². The quantitative estimate of drug-likeness (QED) is 0.729. The zero-order valence-electron chi connectivity index (χ0n) is 11.3. The molecule has 6 heteroatoms. The van der Waals surface area contributed by atoms with Crippen molar-refractivity contribution in [2.24, 2.45) is 0 Å². The second-order valence-electron chi connectivity index (χ2n) is 4.15. The number of alkyl halides is 2. The molecule has 2 aromatic rings. The molecule has 0 aliphatic carbocycles. The molecule has 21 heavy (non-hydrogen) atoms. The lowest BCUT2D eigenvalue weighted by atomic mass is 10.2. The van der Waals surface area contributed by atoms with E-state index in [1.807, 2.05) is 6.07 Å². The summed E-state index contributed by atoms with van der Waals surface area (Å²) in [5.41, 5.74) is 1.43.